The summed E-state index contributed by atoms with van der Waals surface area (Å²) in [5.41, 5.74) is 2.32. The van der Waals surface area contributed by atoms with E-state index < -0.39 is 0 Å². The van der Waals surface area contributed by atoms with Crippen LogP contribution in [0.4, 0.5) is 17.3 Å². The van der Waals surface area contributed by atoms with Gasteiger partial charge in [-0.1, -0.05) is 32.0 Å². The summed E-state index contributed by atoms with van der Waals surface area (Å²) in [5.74, 6) is 4.28. The number of nitrogens with one attached hydrogen (secondary N) is 2. The molecule has 3 aromatic rings. The van der Waals surface area contributed by atoms with E-state index in [1.807, 2.05) is 43.3 Å². The number of para-hydroxylation sites is 1. The molecule has 0 saturated carbocycles. The van der Waals surface area contributed by atoms with Crippen molar-refractivity contribution in [2.24, 2.45) is 0 Å². The standard InChI is InChI=1S/C23H28N4O2/c1-16(2)20-7-5-6-8-21(20)27-23-15-22(25-17(3)26-23)24-13-14-29-19-11-9-18(28-4)10-12-19/h5-12,15-16H,13-14H2,1-4H3,(H2,24,25,26,27). The molecule has 0 spiro atoms. The van der Waals surface area contributed by atoms with Gasteiger partial charge in [0.05, 0.1) is 13.7 Å². The second-order valence-electron chi connectivity index (χ2n) is 7.00. The smallest absolute Gasteiger partial charge is 0.136 e. The lowest BCUT2D eigenvalue weighted by Gasteiger charge is -2.15. The summed E-state index contributed by atoms with van der Waals surface area (Å²) in [5, 5.41) is 6.73. The number of hydrogen-bond donors (Lipinski definition) is 2. The van der Waals surface area contributed by atoms with E-state index in [0.29, 0.717) is 24.9 Å². The Morgan fingerprint density at radius 3 is 2.34 bits per heavy atom. The number of ether oxygens (including phenoxy) is 2. The Hall–Kier alpha value is -3.28. The molecule has 0 aliphatic heterocycles. The van der Waals surface area contributed by atoms with Crippen LogP contribution in [-0.2, 0) is 0 Å². The second kappa shape index (κ2) is 9.78. The zero-order chi connectivity index (χ0) is 20.6. The molecule has 0 amide bonds. The van der Waals surface area contributed by atoms with Gasteiger partial charge in [0, 0.05) is 11.8 Å². The van der Waals surface area contributed by atoms with Gasteiger partial charge in [0.2, 0.25) is 0 Å². The minimum absolute atomic E-state index is 0.425. The van der Waals surface area contributed by atoms with Gasteiger partial charge < -0.3 is 20.1 Å². The van der Waals surface area contributed by atoms with Crippen LogP contribution in [0.2, 0.25) is 0 Å². The summed E-state index contributed by atoms with van der Waals surface area (Å²) in [6.07, 6.45) is 0. The molecule has 29 heavy (non-hydrogen) atoms. The van der Waals surface area contributed by atoms with E-state index in [2.05, 4.69) is 52.6 Å². The molecule has 0 aliphatic carbocycles. The Morgan fingerprint density at radius 1 is 0.931 bits per heavy atom. The first-order valence-corrected chi connectivity index (χ1v) is 9.77. The molecule has 3 rings (SSSR count). The molecule has 1 heterocycles. The Kier molecular flexibility index (Phi) is 6.89. The fraction of sp³-hybridized carbons (Fsp3) is 0.304. The minimum atomic E-state index is 0.425. The molecule has 0 radical (unpaired) electrons. The number of aryl methyl sites for hydroxylation is 1. The maximum Gasteiger partial charge on any atom is 0.136 e. The van der Waals surface area contributed by atoms with Crippen LogP contribution in [0.1, 0.15) is 31.2 Å². The van der Waals surface area contributed by atoms with Crippen molar-refractivity contribution in [3.63, 3.8) is 0 Å². The highest BCUT2D eigenvalue weighted by atomic mass is 16.5. The van der Waals surface area contributed by atoms with Crippen LogP contribution in [-0.4, -0.2) is 30.2 Å². The topological polar surface area (TPSA) is 68.3 Å². The van der Waals surface area contributed by atoms with Gasteiger partial charge in [-0.05, 0) is 48.7 Å². The molecule has 6 nitrogen and oxygen atoms in total. The number of anilines is 3. The molecule has 152 valence electrons. The highest BCUT2D eigenvalue weighted by molar-refractivity contribution is 5.63. The highest BCUT2D eigenvalue weighted by Gasteiger charge is 2.08. The van der Waals surface area contributed by atoms with Gasteiger partial charge in [-0.3, -0.25) is 0 Å². The molecular weight excluding hydrogens is 364 g/mol. The molecule has 1 aromatic heterocycles. The Morgan fingerprint density at radius 2 is 1.62 bits per heavy atom. The number of nitrogens with zero attached hydrogens (tertiary/aromatic N) is 2. The van der Waals surface area contributed by atoms with Crippen molar-refractivity contribution in [3.8, 4) is 11.5 Å². The third kappa shape index (κ3) is 5.85. The summed E-state index contributed by atoms with van der Waals surface area (Å²) in [6, 6.07) is 17.7. The number of aromatic nitrogens is 2. The highest BCUT2D eigenvalue weighted by Crippen LogP contribution is 2.26. The second-order valence-corrected chi connectivity index (χ2v) is 7.00. The van der Waals surface area contributed by atoms with Crippen molar-refractivity contribution in [3.05, 3.63) is 66.0 Å². The first-order valence-electron chi connectivity index (χ1n) is 9.77. The van der Waals surface area contributed by atoms with Gasteiger partial charge in [-0.15, -0.1) is 0 Å². The number of methoxy groups -OCH3 is 1. The third-order valence-corrected chi connectivity index (χ3v) is 4.42. The fourth-order valence-electron chi connectivity index (χ4n) is 2.99. The largest absolute Gasteiger partial charge is 0.497 e. The summed E-state index contributed by atoms with van der Waals surface area (Å²) < 4.78 is 10.9. The lowest BCUT2D eigenvalue weighted by Crippen LogP contribution is -2.13. The monoisotopic (exact) mass is 392 g/mol. The van der Waals surface area contributed by atoms with Crippen LogP contribution >= 0.6 is 0 Å². The van der Waals surface area contributed by atoms with E-state index in [1.165, 1.54) is 5.56 Å². The summed E-state index contributed by atoms with van der Waals surface area (Å²) >= 11 is 0. The quantitative estimate of drug-likeness (QED) is 0.491. The van der Waals surface area contributed by atoms with Gasteiger partial charge in [0.25, 0.3) is 0 Å². The average molecular weight is 393 g/mol. The Balaban J connectivity index is 1.59. The SMILES string of the molecule is COc1ccc(OCCNc2cc(Nc3ccccc3C(C)C)nc(C)n2)cc1. The van der Waals surface area contributed by atoms with Crippen LogP contribution in [0.25, 0.3) is 0 Å². The number of hydrogen-bond acceptors (Lipinski definition) is 6. The van der Waals surface area contributed by atoms with Crippen LogP contribution in [0.15, 0.2) is 54.6 Å². The van der Waals surface area contributed by atoms with E-state index in [0.717, 1.165) is 28.8 Å². The average Bonchev–Trinajstić information content (AvgIpc) is 2.71. The minimum Gasteiger partial charge on any atom is -0.497 e. The summed E-state index contributed by atoms with van der Waals surface area (Å²) in [6.45, 7) is 7.40. The van der Waals surface area contributed by atoms with Crippen molar-refractivity contribution in [1.29, 1.82) is 0 Å². The first kappa shape index (κ1) is 20.5. The van der Waals surface area contributed by atoms with E-state index in [-0.39, 0.29) is 0 Å². The van der Waals surface area contributed by atoms with Crippen LogP contribution < -0.4 is 20.1 Å². The molecule has 2 N–H and O–H groups in total. The van der Waals surface area contributed by atoms with Gasteiger partial charge in [0.15, 0.2) is 0 Å². The van der Waals surface area contributed by atoms with E-state index in [9.17, 15) is 0 Å². The number of benzene rings is 2. The Labute approximate surface area is 172 Å². The maximum absolute atomic E-state index is 5.75. The fourth-order valence-corrected chi connectivity index (χ4v) is 2.99. The third-order valence-electron chi connectivity index (χ3n) is 4.42. The van der Waals surface area contributed by atoms with E-state index >= 15 is 0 Å². The van der Waals surface area contributed by atoms with Gasteiger partial charge in [0.1, 0.15) is 35.6 Å². The van der Waals surface area contributed by atoms with E-state index in [1.54, 1.807) is 7.11 Å². The predicted molar refractivity (Wildman–Crippen MR) is 118 cm³/mol. The molecule has 0 saturated heterocycles. The Bertz CT molecular complexity index is 926. The van der Waals surface area contributed by atoms with Crippen molar-refractivity contribution in [2.45, 2.75) is 26.7 Å². The molecule has 2 aromatic carbocycles. The van der Waals surface area contributed by atoms with Crippen LogP contribution in [0, 0.1) is 6.92 Å². The van der Waals surface area contributed by atoms with E-state index in [4.69, 9.17) is 9.47 Å². The molecule has 6 heteroatoms. The van der Waals surface area contributed by atoms with Crippen molar-refractivity contribution < 1.29 is 9.47 Å². The molecule has 0 unspecified atom stereocenters. The predicted octanol–water partition coefficient (Wildman–Crippen LogP) is 5.15. The number of rotatable bonds is 9. The first-order chi connectivity index (χ1) is 14.0. The normalized spacial score (nSPS) is 10.7. The van der Waals surface area contributed by atoms with Crippen LogP contribution in [0.5, 0.6) is 11.5 Å². The maximum atomic E-state index is 5.75. The van der Waals surface area contributed by atoms with Gasteiger partial charge in [-0.2, -0.15) is 0 Å². The lowest BCUT2D eigenvalue weighted by molar-refractivity contribution is 0.331. The summed E-state index contributed by atoms with van der Waals surface area (Å²) in [4.78, 5) is 8.98. The zero-order valence-corrected chi connectivity index (χ0v) is 17.4. The molecule has 0 fully saturated rings. The van der Waals surface area contributed by atoms with Crippen molar-refractivity contribution in [2.75, 3.05) is 30.9 Å². The van der Waals surface area contributed by atoms with Gasteiger partial charge >= 0.3 is 0 Å². The lowest BCUT2D eigenvalue weighted by atomic mass is 10.0. The molecule has 0 bridgehead atoms. The van der Waals surface area contributed by atoms with Crippen molar-refractivity contribution in [1.82, 2.24) is 9.97 Å². The van der Waals surface area contributed by atoms with Gasteiger partial charge in [-0.25, -0.2) is 9.97 Å². The van der Waals surface area contributed by atoms with Crippen molar-refractivity contribution >= 4 is 17.3 Å². The van der Waals surface area contributed by atoms with Crippen LogP contribution in [0.3, 0.4) is 0 Å². The molecule has 0 atom stereocenters. The molecule has 0 aliphatic rings. The zero-order valence-electron chi connectivity index (χ0n) is 17.4. The summed E-state index contributed by atoms with van der Waals surface area (Å²) in [7, 11) is 1.65. The molecular formula is C23H28N4O2.